The summed E-state index contributed by atoms with van der Waals surface area (Å²) in [6.45, 7) is 2.89. The van der Waals surface area contributed by atoms with Crippen LogP contribution in [0.1, 0.15) is 36.8 Å². The van der Waals surface area contributed by atoms with Crippen molar-refractivity contribution in [2.75, 3.05) is 13.7 Å². The highest BCUT2D eigenvalue weighted by molar-refractivity contribution is 9.10. The fraction of sp³-hybridized carbons (Fsp3) is 0.571. The maximum atomic E-state index is 5.48. The highest BCUT2D eigenvalue weighted by Gasteiger charge is 2.06. The molecule has 17 heavy (non-hydrogen) atoms. The molecule has 0 unspecified atom stereocenters. The van der Waals surface area contributed by atoms with Gasteiger partial charge in [-0.05, 0) is 56.0 Å². The summed E-state index contributed by atoms with van der Waals surface area (Å²) in [4.78, 5) is 0. The van der Waals surface area contributed by atoms with Crippen LogP contribution in [0, 0.1) is 6.92 Å². The molecule has 0 bridgehead atoms. The van der Waals surface area contributed by atoms with Crippen LogP contribution in [0.3, 0.4) is 0 Å². The Balaban J connectivity index is 2.54. The number of halogens is 1. The number of nitrogens with two attached hydrogens (primary N) is 1. The second-order valence-electron chi connectivity index (χ2n) is 4.37. The van der Waals surface area contributed by atoms with Crippen molar-refractivity contribution in [3.8, 4) is 5.75 Å². The molecule has 0 heterocycles. The molecule has 0 amide bonds. The molecule has 0 aliphatic heterocycles. The molecule has 0 aromatic heterocycles. The van der Waals surface area contributed by atoms with E-state index in [0.29, 0.717) is 0 Å². The standard InChI is InChI=1S/C14H22BrNO/c1-11-9-14(17-2)12(10-13(11)15)7-5-3-4-6-8-16/h9-10H,3-8,16H2,1-2H3. The van der Waals surface area contributed by atoms with Crippen LogP contribution in [0.25, 0.3) is 0 Å². The Morgan fingerprint density at radius 2 is 1.88 bits per heavy atom. The average Bonchev–Trinajstić information content (AvgIpc) is 2.33. The number of hydrogen-bond acceptors (Lipinski definition) is 2. The highest BCUT2D eigenvalue weighted by atomic mass is 79.9. The summed E-state index contributed by atoms with van der Waals surface area (Å²) in [6.07, 6.45) is 5.88. The number of rotatable bonds is 7. The third-order valence-corrected chi connectivity index (χ3v) is 3.82. The van der Waals surface area contributed by atoms with Crippen LogP contribution >= 0.6 is 15.9 Å². The van der Waals surface area contributed by atoms with Gasteiger partial charge in [0.05, 0.1) is 7.11 Å². The number of hydrogen-bond donors (Lipinski definition) is 1. The molecule has 2 nitrogen and oxygen atoms in total. The van der Waals surface area contributed by atoms with E-state index in [9.17, 15) is 0 Å². The Kier molecular flexibility index (Phi) is 6.60. The van der Waals surface area contributed by atoms with Gasteiger partial charge in [0.15, 0.2) is 0 Å². The van der Waals surface area contributed by atoms with E-state index in [0.717, 1.165) is 29.6 Å². The molecule has 0 aliphatic carbocycles. The van der Waals surface area contributed by atoms with Crippen molar-refractivity contribution in [3.63, 3.8) is 0 Å². The van der Waals surface area contributed by atoms with Gasteiger partial charge in [-0.1, -0.05) is 28.8 Å². The molecule has 1 rings (SSSR count). The first-order chi connectivity index (χ1) is 8.19. The Labute approximate surface area is 113 Å². The van der Waals surface area contributed by atoms with Gasteiger partial charge in [-0.15, -0.1) is 0 Å². The van der Waals surface area contributed by atoms with E-state index >= 15 is 0 Å². The molecule has 0 spiro atoms. The molecule has 2 N–H and O–H groups in total. The van der Waals surface area contributed by atoms with Gasteiger partial charge in [0, 0.05) is 4.47 Å². The summed E-state index contributed by atoms with van der Waals surface area (Å²) in [5.74, 6) is 1.00. The van der Waals surface area contributed by atoms with Crippen LogP contribution < -0.4 is 10.5 Å². The first kappa shape index (κ1) is 14.5. The van der Waals surface area contributed by atoms with E-state index in [2.05, 4.69) is 35.0 Å². The SMILES string of the molecule is COc1cc(C)c(Br)cc1CCCCCCN. The summed E-state index contributed by atoms with van der Waals surface area (Å²) in [7, 11) is 1.74. The van der Waals surface area contributed by atoms with Crippen LogP contribution in [0.15, 0.2) is 16.6 Å². The molecule has 1 aromatic rings. The molecular formula is C14H22BrNO. The van der Waals surface area contributed by atoms with Crippen LogP contribution in [0.5, 0.6) is 5.75 Å². The predicted molar refractivity (Wildman–Crippen MR) is 76.7 cm³/mol. The fourth-order valence-electron chi connectivity index (χ4n) is 1.89. The quantitative estimate of drug-likeness (QED) is 0.777. The molecule has 0 aliphatic rings. The number of unbranched alkanes of at least 4 members (excludes halogenated alkanes) is 3. The second kappa shape index (κ2) is 7.72. The number of methoxy groups -OCH3 is 1. The van der Waals surface area contributed by atoms with Gasteiger partial charge in [-0.25, -0.2) is 0 Å². The largest absolute Gasteiger partial charge is 0.496 e. The molecule has 96 valence electrons. The van der Waals surface area contributed by atoms with Crippen molar-refractivity contribution in [2.24, 2.45) is 5.73 Å². The second-order valence-corrected chi connectivity index (χ2v) is 5.22. The van der Waals surface area contributed by atoms with Gasteiger partial charge in [0.2, 0.25) is 0 Å². The predicted octanol–water partition coefficient (Wildman–Crippen LogP) is 3.83. The topological polar surface area (TPSA) is 35.2 Å². The lowest BCUT2D eigenvalue weighted by Crippen LogP contribution is -1.98. The highest BCUT2D eigenvalue weighted by Crippen LogP contribution is 2.28. The summed E-state index contributed by atoms with van der Waals surface area (Å²) >= 11 is 3.57. The van der Waals surface area contributed by atoms with Gasteiger partial charge in [0.25, 0.3) is 0 Å². The maximum absolute atomic E-state index is 5.48. The van der Waals surface area contributed by atoms with E-state index in [1.807, 2.05) is 0 Å². The van der Waals surface area contributed by atoms with Crippen molar-refractivity contribution in [1.29, 1.82) is 0 Å². The van der Waals surface area contributed by atoms with Crippen molar-refractivity contribution in [3.05, 3.63) is 27.7 Å². The molecule has 1 aromatic carbocycles. The molecule has 0 saturated carbocycles. The normalized spacial score (nSPS) is 10.6. The Hall–Kier alpha value is -0.540. The number of aryl methyl sites for hydroxylation is 2. The van der Waals surface area contributed by atoms with Gasteiger partial charge in [-0.3, -0.25) is 0 Å². The van der Waals surface area contributed by atoms with Gasteiger partial charge < -0.3 is 10.5 Å². The summed E-state index contributed by atoms with van der Waals surface area (Å²) in [5, 5.41) is 0. The fourth-order valence-corrected chi connectivity index (χ4v) is 2.29. The Morgan fingerprint density at radius 3 is 2.53 bits per heavy atom. The molecule has 0 fully saturated rings. The van der Waals surface area contributed by atoms with Gasteiger partial charge in [-0.2, -0.15) is 0 Å². The summed E-state index contributed by atoms with van der Waals surface area (Å²) < 4.78 is 6.58. The third-order valence-electron chi connectivity index (χ3n) is 2.96. The van der Waals surface area contributed by atoms with Crippen molar-refractivity contribution >= 4 is 15.9 Å². The van der Waals surface area contributed by atoms with Crippen LogP contribution in [0.2, 0.25) is 0 Å². The Bertz CT molecular complexity index is 352. The summed E-state index contributed by atoms with van der Waals surface area (Å²) in [6, 6.07) is 4.27. The van der Waals surface area contributed by atoms with E-state index in [4.69, 9.17) is 10.5 Å². The number of ether oxygens (including phenoxy) is 1. The lowest BCUT2D eigenvalue weighted by Gasteiger charge is -2.11. The molecule has 0 atom stereocenters. The van der Waals surface area contributed by atoms with Crippen molar-refractivity contribution < 1.29 is 4.74 Å². The van der Waals surface area contributed by atoms with Gasteiger partial charge >= 0.3 is 0 Å². The molecular weight excluding hydrogens is 278 g/mol. The average molecular weight is 300 g/mol. The third kappa shape index (κ3) is 4.68. The van der Waals surface area contributed by atoms with E-state index < -0.39 is 0 Å². The Morgan fingerprint density at radius 1 is 1.18 bits per heavy atom. The van der Waals surface area contributed by atoms with E-state index in [1.54, 1.807) is 7.11 Å². The van der Waals surface area contributed by atoms with Crippen LogP contribution in [0.4, 0.5) is 0 Å². The lowest BCUT2D eigenvalue weighted by atomic mass is 10.0. The smallest absolute Gasteiger partial charge is 0.122 e. The minimum atomic E-state index is 0.805. The zero-order valence-electron chi connectivity index (χ0n) is 10.8. The zero-order valence-corrected chi connectivity index (χ0v) is 12.3. The maximum Gasteiger partial charge on any atom is 0.122 e. The van der Waals surface area contributed by atoms with Gasteiger partial charge in [0.1, 0.15) is 5.75 Å². The van der Waals surface area contributed by atoms with Crippen molar-refractivity contribution in [2.45, 2.75) is 39.0 Å². The van der Waals surface area contributed by atoms with Crippen LogP contribution in [-0.4, -0.2) is 13.7 Å². The number of benzene rings is 1. The molecule has 0 saturated heterocycles. The first-order valence-corrected chi connectivity index (χ1v) is 7.01. The first-order valence-electron chi connectivity index (χ1n) is 6.22. The minimum absolute atomic E-state index is 0.805. The van der Waals surface area contributed by atoms with E-state index in [-0.39, 0.29) is 0 Å². The molecule has 0 radical (unpaired) electrons. The summed E-state index contributed by atoms with van der Waals surface area (Å²) in [5.41, 5.74) is 7.98. The monoisotopic (exact) mass is 299 g/mol. The zero-order chi connectivity index (χ0) is 12.7. The molecule has 3 heteroatoms. The van der Waals surface area contributed by atoms with Crippen molar-refractivity contribution in [1.82, 2.24) is 0 Å². The minimum Gasteiger partial charge on any atom is -0.496 e. The van der Waals surface area contributed by atoms with Crippen LogP contribution in [-0.2, 0) is 6.42 Å². The lowest BCUT2D eigenvalue weighted by molar-refractivity contribution is 0.408. The van der Waals surface area contributed by atoms with E-state index in [1.165, 1.54) is 30.4 Å².